The first-order valence-corrected chi connectivity index (χ1v) is 4.31. The number of nitrogens with one attached hydrogen (secondary N) is 1. The summed E-state index contributed by atoms with van der Waals surface area (Å²) < 4.78 is 0. The average molecular weight is 219 g/mol. The van der Waals surface area contributed by atoms with E-state index in [1.165, 1.54) is 31.2 Å². The quantitative estimate of drug-likeness (QED) is 0.291. The van der Waals surface area contributed by atoms with Crippen molar-refractivity contribution in [1.82, 2.24) is 5.43 Å². The fourth-order valence-electron chi connectivity index (χ4n) is 1.03. The highest BCUT2D eigenvalue weighted by molar-refractivity contribution is 6.02. The molecule has 0 aliphatic heterocycles. The van der Waals surface area contributed by atoms with Gasteiger partial charge in [0.05, 0.1) is 5.71 Å². The molecule has 6 heteroatoms. The average Bonchev–Trinajstić information content (AvgIpc) is 2.28. The highest BCUT2D eigenvalue weighted by Crippen LogP contribution is 2.22. The van der Waals surface area contributed by atoms with Crippen molar-refractivity contribution in [3.05, 3.63) is 23.8 Å². The summed E-state index contributed by atoms with van der Waals surface area (Å²) in [6.45, 7) is 1.52. The number of aromatic hydroxyl groups is 2. The second-order valence-corrected chi connectivity index (χ2v) is 2.95. The minimum absolute atomic E-state index is 0.0334. The largest absolute Gasteiger partial charge is 0.508 e. The van der Waals surface area contributed by atoms with Crippen LogP contribution in [0.1, 0.15) is 12.5 Å². The summed E-state index contributed by atoms with van der Waals surface area (Å²) in [4.78, 5) is 10.6. The standard InChI is InChI=1S/C10H9N3O3/c1-6(12-13-10(16)5-11)8-4-7(14)2-3-9(8)15/h2-4,14-15H,1H3,(H,13,16). The Morgan fingerprint density at radius 3 is 2.81 bits per heavy atom. The molecule has 0 bridgehead atoms. The summed E-state index contributed by atoms with van der Waals surface area (Å²) in [6.07, 6.45) is 0. The molecule has 6 nitrogen and oxygen atoms in total. The second-order valence-electron chi connectivity index (χ2n) is 2.95. The van der Waals surface area contributed by atoms with Gasteiger partial charge in [0.15, 0.2) is 6.07 Å². The van der Waals surface area contributed by atoms with Gasteiger partial charge in [0, 0.05) is 5.56 Å². The van der Waals surface area contributed by atoms with Crippen molar-refractivity contribution in [2.75, 3.05) is 0 Å². The number of carbonyl (C=O) groups is 1. The monoisotopic (exact) mass is 219 g/mol. The van der Waals surface area contributed by atoms with E-state index in [-0.39, 0.29) is 22.8 Å². The highest BCUT2D eigenvalue weighted by atomic mass is 16.3. The van der Waals surface area contributed by atoms with Crippen LogP contribution in [0.3, 0.4) is 0 Å². The molecule has 1 aromatic carbocycles. The van der Waals surface area contributed by atoms with Crippen molar-refractivity contribution in [3.63, 3.8) is 0 Å². The second kappa shape index (κ2) is 4.79. The van der Waals surface area contributed by atoms with Gasteiger partial charge in [-0.3, -0.25) is 4.79 Å². The van der Waals surface area contributed by atoms with Gasteiger partial charge < -0.3 is 10.2 Å². The van der Waals surface area contributed by atoms with E-state index in [0.717, 1.165) is 0 Å². The lowest BCUT2D eigenvalue weighted by molar-refractivity contribution is -0.115. The molecule has 0 aliphatic carbocycles. The van der Waals surface area contributed by atoms with Crippen LogP contribution in [-0.4, -0.2) is 21.8 Å². The van der Waals surface area contributed by atoms with E-state index >= 15 is 0 Å². The Balaban J connectivity index is 2.96. The number of hydrogen-bond donors (Lipinski definition) is 3. The minimum atomic E-state index is -0.904. The number of nitrogens with zero attached hydrogens (tertiary/aromatic N) is 2. The molecule has 0 heterocycles. The summed E-state index contributed by atoms with van der Waals surface area (Å²) in [5.74, 6) is -1.02. The Hall–Kier alpha value is -2.55. The van der Waals surface area contributed by atoms with Crippen LogP contribution in [0.2, 0.25) is 0 Å². The van der Waals surface area contributed by atoms with Crippen molar-refractivity contribution in [1.29, 1.82) is 5.26 Å². The van der Waals surface area contributed by atoms with E-state index in [1.54, 1.807) is 0 Å². The Bertz CT molecular complexity index is 489. The number of hydrogen-bond acceptors (Lipinski definition) is 5. The maximum Gasteiger partial charge on any atom is 0.342 e. The summed E-state index contributed by atoms with van der Waals surface area (Å²) in [5.41, 5.74) is 2.52. The first kappa shape index (κ1) is 11.5. The molecular formula is C10H9N3O3. The van der Waals surface area contributed by atoms with Gasteiger partial charge in [0.1, 0.15) is 11.5 Å². The Kier molecular flexibility index (Phi) is 3.45. The number of phenols is 2. The third-order valence-corrected chi connectivity index (χ3v) is 1.80. The number of phenolic OH excluding ortho intramolecular Hbond substituents is 2. The maximum absolute atomic E-state index is 10.6. The first-order valence-electron chi connectivity index (χ1n) is 4.31. The summed E-state index contributed by atoms with van der Waals surface area (Å²) in [5, 5.41) is 30.4. The van der Waals surface area contributed by atoms with E-state index in [4.69, 9.17) is 5.26 Å². The van der Waals surface area contributed by atoms with Crippen LogP contribution in [0.15, 0.2) is 23.3 Å². The van der Waals surface area contributed by atoms with Crippen LogP contribution in [-0.2, 0) is 4.79 Å². The Morgan fingerprint density at radius 2 is 2.19 bits per heavy atom. The summed E-state index contributed by atoms with van der Waals surface area (Å²) in [6, 6.07) is 5.25. The third-order valence-electron chi connectivity index (χ3n) is 1.80. The molecule has 0 unspecified atom stereocenters. The van der Waals surface area contributed by atoms with E-state index in [1.807, 2.05) is 5.43 Å². The van der Waals surface area contributed by atoms with Crippen molar-refractivity contribution >= 4 is 11.6 Å². The third kappa shape index (κ3) is 2.72. The van der Waals surface area contributed by atoms with E-state index in [9.17, 15) is 15.0 Å². The molecule has 0 aliphatic rings. The predicted molar refractivity (Wildman–Crippen MR) is 55.7 cm³/mol. The van der Waals surface area contributed by atoms with Crippen molar-refractivity contribution in [2.24, 2.45) is 5.10 Å². The molecule has 0 spiro atoms. The number of hydrazone groups is 1. The predicted octanol–water partition coefficient (Wildman–Crippen LogP) is 0.462. The number of rotatable bonds is 2. The van der Waals surface area contributed by atoms with Crippen LogP contribution in [0.4, 0.5) is 0 Å². The summed E-state index contributed by atoms with van der Waals surface area (Å²) in [7, 11) is 0. The van der Waals surface area contributed by atoms with E-state index in [2.05, 4.69) is 5.10 Å². The number of carbonyl (C=O) groups excluding carboxylic acids is 1. The van der Waals surface area contributed by atoms with Gasteiger partial charge in [-0.15, -0.1) is 0 Å². The van der Waals surface area contributed by atoms with Gasteiger partial charge in [-0.25, -0.2) is 5.43 Å². The zero-order chi connectivity index (χ0) is 12.1. The maximum atomic E-state index is 10.6. The topological polar surface area (TPSA) is 106 Å². The van der Waals surface area contributed by atoms with Gasteiger partial charge in [0.25, 0.3) is 0 Å². The van der Waals surface area contributed by atoms with Crippen LogP contribution >= 0.6 is 0 Å². The number of amides is 1. The lowest BCUT2D eigenvalue weighted by Gasteiger charge is -2.04. The Labute approximate surface area is 91.4 Å². The zero-order valence-electron chi connectivity index (χ0n) is 8.43. The summed E-state index contributed by atoms with van der Waals surface area (Å²) >= 11 is 0. The van der Waals surface area contributed by atoms with Crippen LogP contribution in [0.5, 0.6) is 11.5 Å². The van der Waals surface area contributed by atoms with Gasteiger partial charge >= 0.3 is 5.91 Å². The lowest BCUT2D eigenvalue weighted by Crippen LogP contribution is -2.16. The first-order chi connectivity index (χ1) is 7.54. The normalized spacial score (nSPS) is 10.6. The van der Waals surface area contributed by atoms with Crippen LogP contribution in [0, 0.1) is 11.3 Å². The zero-order valence-corrected chi connectivity index (χ0v) is 8.43. The fraction of sp³-hybridized carbons (Fsp3) is 0.100. The molecule has 3 N–H and O–H groups in total. The molecule has 0 aromatic heterocycles. The molecule has 1 rings (SSSR count). The molecule has 16 heavy (non-hydrogen) atoms. The van der Waals surface area contributed by atoms with Gasteiger partial charge in [-0.2, -0.15) is 10.4 Å². The SMILES string of the molecule is CC(=NNC(=O)C#N)c1cc(O)ccc1O. The Morgan fingerprint density at radius 1 is 1.50 bits per heavy atom. The molecule has 0 radical (unpaired) electrons. The number of nitriles is 1. The molecule has 1 aromatic rings. The highest BCUT2D eigenvalue weighted by Gasteiger charge is 2.06. The van der Waals surface area contributed by atoms with Crippen molar-refractivity contribution < 1.29 is 15.0 Å². The van der Waals surface area contributed by atoms with E-state index < -0.39 is 5.91 Å². The van der Waals surface area contributed by atoms with Crippen LogP contribution in [0.25, 0.3) is 0 Å². The molecule has 0 atom stereocenters. The lowest BCUT2D eigenvalue weighted by atomic mass is 10.1. The fourth-order valence-corrected chi connectivity index (χ4v) is 1.03. The molecule has 0 saturated heterocycles. The molecule has 0 fully saturated rings. The van der Waals surface area contributed by atoms with Gasteiger partial charge in [-0.05, 0) is 25.1 Å². The van der Waals surface area contributed by atoms with Gasteiger partial charge in [0.2, 0.25) is 0 Å². The van der Waals surface area contributed by atoms with Crippen molar-refractivity contribution in [2.45, 2.75) is 6.92 Å². The van der Waals surface area contributed by atoms with Crippen LogP contribution < -0.4 is 5.43 Å². The molecule has 82 valence electrons. The minimum Gasteiger partial charge on any atom is -0.508 e. The smallest absolute Gasteiger partial charge is 0.342 e. The number of benzene rings is 1. The molecular weight excluding hydrogens is 210 g/mol. The van der Waals surface area contributed by atoms with E-state index in [0.29, 0.717) is 0 Å². The molecule has 0 saturated carbocycles. The van der Waals surface area contributed by atoms with Crippen molar-refractivity contribution in [3.8, 4) is 17.6 Å². The van der Waals surface area contributed by atoms with Gasteiger partial charge in [-0.1, -0.05) is 0 Å². The molecule has 1 amide bonds.